The quantitative estimate of drug-likeness (QED) is 0.737. The Morgan fingerprint density at radius 1 is 1.43 bits per heavy atom. The molecule has 0 spiro atoms. The van der Waals surface area contributed by atoms with E-state index in [0.29, 0.717) is 12.2 Å². The first kappa shape index (κ1) is 15.5. The van der Waals surface area contributed by atoms with Gasteiger partial charge in [0.2, 0.25) is 0 Å². The first-order valence-electron chi connectivity index (χ1n) is 6.89. The zero-order valence-electron chi connectivity index (χ0n) is 12.4. The van der Waals surface area contributed by atoms with Crippen LogP contribution >= 0.6 is 11.3 Å². The number of benzene rings is 1. The molecule has 0 fully saturated rings. The zero-order chi connectivity index (χ0) is 15.1. The van der Waals surface area contributed by atoms with Crippen LogP contribution in [0.5, 0.6) is 5.75 Å². The Labute approximate surface area is 129 Å². The lowest BCUT2D eigenvalue weighted by Gasteiger charge is -2.16. The Balaban J connectivity index is 1.69. The summed E-state index contributed by atoms with van der Waals surface area (Å²) in [7, 11) is 2.11. The van der Waals surface area contributed by atoms with E-state index in [1.165, 1.54) is 4.88 Å². The molecule has 21 heavy (non-hydrogen) atoms. The van der Waals surface area contributed by atoms with Crippen molar-refractivity contribution in [1.82, 2.24) is 9.88 Å². The summed E-state index contributed by atoms with van der Waals surface area (Å²) < 4.78 is 5.67. The number of hydrogen-bond acceptors (Lipinski definition) is 5. The second-order valence-corrected chi connectivity index (χ2v) is 5.88. The molecule has 1 aromatic heterocycles. The highest BCUT2D eigenvalue weighted by Crippen LogP contribution is 2.15. The summed E-state index contributed by atoms with van der Waals surface area (Å²) in [5, 5.41) is 8.83. The van der Waals surface area contributed by atoms with E-state index in [-0.39, 0.29) is 0 Å². The van der Waals surface area contributed by atoms with Gasteiger partial charge in [0.05, 0.1) is 29.4 Å². The summed E-state index contributed by atoms with van der Waals surface area (Å²) in [6.07, 6.45) is 0.950. The van der Waals surface area contributed by atoms with Gasteiger partial charge in [0, 0.05) is 18.0 Å². The lowest BCUT2D eigenvalue weighted by molar-refractivity contribution is 0.259. The topological polar surface area (TPSA) is 49.2 Å². The van der Waals surface area contributed by atoms with Crippen LogP contribution in [-0.4, -0.2) is 30.1 Å². The van der Waals surface area contributed by atoms with Gasteiger partial charge in [-0.3, -0.25) is 0 Å². The highest BCUT2D eigenvalue weighted by atomic mass is 32.1. The molecule has 0 unspecified atom stereocenters. The second-order valence-electron chi connectivity index (χ2n) is 4.94. The number of nitriles is 1. The predicted octanol–water partition coefficient (Wildman–Crippen LogP) is 3.22. The summed E-state index contributed by atoms with van der Waals surface area (Å²) >= 11 is 1.70. The number of rotatable bonds is 7. The van der Waals surface area contributed by atoms with Crippen LogP contribution in [0.4, 0.5) is 0 Å². The average molecular weight is 301 g/mol. The van der Waals surface area contributed by atoms with E-state index in [2.05, 4.69) is 23.0 Å². The predicted molar refractivity (Wildman–Crippen MR) is 84.5 cm³/mol. The molecule has 0 saturated carbocycles. The largest absolute Gasteiger partial charge is 0.494 e. The number of nitrogens with zero attached hydrogens (tertiary/aromatic N) is 3. The van der Waals surface area contributed by atoms with E-state index in [9.17, 15) is 0 Å². The molecule has 0 aliphatic heterocycles. The fourth-order valence-electron chi connectivity index (χ4n) is 1.98. The summed E-state index contributed by atoms with van der Waals surface area (Å²) in [5.41, 5.74) is 3.64. The van der Waals surface area contributed by atoms with Gasteiger partial charge in [-0.15, -0.1) is 11.3 Å². The van der Waals surface area contributed by atoms with Crippen LogP contribution in [-0.2, 0) is 6.54 Å². The van der Waals surface area contributed by atoms with Crippen LogP contribution in [0.15, 0.2) is 29.8 Å². The minimum absolute atomic E-state index is 0.630. The van der Waals surface area contributed by atoms with E-state index >= 15 is 0 Å². The molecule has 5 heteroatoms. The van der Waals surface area contributed by atoms with Gasteiger partial charge in [-0.1, -0.05) is 6.07 Å². The molecule has 0 aliphatic carbocycles. The molecular formula is C16H19N3OS. The molecule has 1 heterocycles. The first-order valence-corrected chi connectivity index (χ1v) is 7.77. The van der Waals surface area contributed by atoms with E-state index < -0.39 is 0 Å². The molecule has 1 aromatic carbocycles. The van der Waals surface area contributed by atoms with E-state index in [0.717, 1.165) is 31.0 Å². The van der Waals surface area contributed by atoms with Crippen molar-refractivity contribution in [3.05, 3.63) is 45.9 Å². The summed E-state index contributed by atoms with van der Waals surface area (Å²) in [5.74, 6) is 0.759. The molecule has 0 saturated heterocycles. The third kappa shape index (κ3) is 4.85. The fraction of sp³-hybridized carbons (Fsp3) is 0.375. The molecular weight excluding hydrogens is 282 g/mol. The highest BCUT2D eigenvalue weighted by molar-refractivity contribution is 7.09. The van der Waals surface area contributed by atoms with Gasteiger partial charge in [0.25, 0.3) is 0 Å². The molecule has 4 nitrogen and oxygen atoms in total. The van der Waals surface area contributed by atoms with Gasteiger partial charge in [-0.25, -0.2) is 4.98 Å². The molecule has 0 atom stereocenters. The monoisotopic (exact) mass is 301 g/mol. The Morgan fingerprint density at radius 2 is 2.29 bits per heavy atom. The maximum Gasteiger partial charge on any atom is 0.120 e. The molecule has 110 valence electrons. The van der Waals surface area contributed by atoms with Gasteiger partial charge in [-0.05, 0) is 38.6 Å². The summed E-state index contributed by atoms with van der Waals surface area (Å²) in [6.45, 7) is 4.60. The van der Waals surface area contributed by atoms with E-state index in [1.54, 1.807) is 23.5 Å². The van der Waals surface area contributed by atoms with Gasteiger partial charge in [0.15, 0.2) is 0 Å². The van der Waals surface area contributed by atoms with Crippen molar-refractivity contribution in [1.29, 1.82) is 5.26 Å². The van der Waals surface area contributed by atoms with Crippen LogP contribution in [0.2, 0.25) is 0 Å². The van der Waals surface area contributed by atoms with Gasteiger partial charge in [-0.2, -0.15) is 5.26 Å². The van der Waals surface area contributed by atoms with Crippen molar-refractivity contribution in [3.63, 3.8) is 0 Å². The van der Waals surface area contributed by atoms with Crippen molar-refractivity contribution in [2.45, 2.75) is 19.9 Å². The first-order chi connectivity index (χ1) is 10.2. The van der Waals surface area contributed by atoms with Crippen molar-refractivity contribution in [2.24, 2.45) is 0 Å². The van der Waals surface area contributed by atoms with Crippen molar-refractivity contribution >= 4 is 11.3 Å². The SMILES string of the molecule is Cc1ncsc1CN(C)CCCOc1cccc(C#N)c1. The Kier molecular flexibility index (Phi) is 5.73. The lowest BCUT2D eigenvalue weighted by atomic mass is 10.2. The van der Waals surface area contributed by atoms with Gasteiger partial charge < -0.3 is 9.64 Å². The number of hydrogen-bond donors (Lipinski definition) is 0. The summed E-state index contributed by atoms with van der Waals surface area (Å²) in [4.78, 5) is 7.86. The Hall–Kier alpha value is -1.90. The van der Waals surface area contributed by atoms with Crippen molar-refractivity contribution in [2.75, 3.05) is 20.2 Å². The molecule has 2 rings (SSSR count). The van der Waals surface area contributed by atoms with Crippen LogP contribution < -0.4 is 4.74 Å². The molecule has 0 N–H and O–H groups in total. The number of thiazole rings is 1. The van der Waals surface area contributed by atoms with Crippen molar-refractivity contribution in [3.8, 4) is 11.8 Å². The normalized spacial score (nSPS) is 10.6. The number of ether oxygens (including phenoxy) is 1. The molecule has 0 aliphatic rings. The third-order valence-corrected chi connectivity index (χ3v) is 4.09. The summed E-state index contributed by atoms with van der Waals surface area (Å²) in [6, 6.07) is 9.38. The highest BCUT2D eigenvalue weighted by Gasteiger charge is 2.05. The van der Waals surface area contributed by atoms with Crippen LogP contribution in [0.25, 0.3) is 0 Å². The third-order valence-electron chi connectivity index (χ3n) is 3.17. The molecule has 0 amide bonds. The minimum atomic E-state index is 0.630. The average Bonchev–Trinajstić information content (AvgIpc) is 2.89. The number of aryl methyl sites for hydroxylation is 1. The zero-order valence-corrected chi connectivity index (χ0v) is 13.2. The van der Waals surface area contributed by atoms with Gasteiger partial charge >= 0.3 is 0 Å². The molecule has 0 bridgehead atoms. The molecule has 0 radical (unpaired) electrons. The van der Waals surface area contributed by atoms with Gasteiger partial charge in [0.1, 0.15) is 5.75 Å². The Bertz CT molecular complexity index is 618. The molecule has 2 aromatic rings. The van der Waals surface area contributed by atoms with Crippen LogP contribution in [0, 0.1) is 18.3 Å². The maximum atomic E-state index is 8.83. The van der Waals surface area contributed by atoms with Crippen LogP contribution in [0.3, 0.4) is 0 Å². The fourth-order valence-corrected chi connectivity index (χ4v) is 2.84. The number of aromatic nitrogens is 1. The van der Waals surface area contributed by atoms with E-state index in [1.807, 2.05) is 24.6 Å². The van der Waals surface area contributed by atoms with E-state index in [4.69, 9.17) is 10.00 Å². The Morgan fingerprint density at radius 3 is 3.00 bits per heavy atom. The second kappa shape index (κ2) is 7.77. The smallest absolute Gasteiger partial charge is 0.120 e. The lowest BCUT2D eigenvalue weighted by Crippen LogP contribution is -2.20. The van der Waals surface area contributed by atoms with Crippen molar-refractivity contribution < 1.29 is 4.74 Å². The maximum absolute atomic E-state index is 8.83. The standard InChI is InChI=1S/C16H19N3OS/c1-13-16(21-12-18-13)11-19(2)7-4-8-20-15-6-3-5-14(9-15)10-17/h3,5-6,9,12H,4,7-8,11H2,1-2H3. The minimum Gasteiger partial charge on any atom is -0.494 e. The van der Waals surface area contributed by atoms with Crippen LogP contribution in [0.1, 0.15) is 22.6 Å².